The summed E-state index contributed by atoms with van der Waals surface area (Å²) in [6.07, 6.45) is 0. The Hall–Kier alpha value is -3.19. The molecule has 7 heteroatoms. The summed E-state index contributed by atoms with van der Waals surface area (Å²) in [7, 11) is 1.60. The lowest BCUT2D eigenvalue weighted by Crippen LogP contribution is -2.32. The highest BCUT2D eigenvalue weighted by molar-refractivity contribution is 7.13. The van der Waals surface area contributed by atoms with Crippen molar-refractivity contribution in [2.45, 2.75) is 13.8 Å². The number of benzene rings is 2. The fraction of sp³-hybridized carbons (Fsp3) is 0.227. The van der Waals surface area contributed by atoms with Crippen LogP contribution in [0.5, 0.6) is 5.75 Å². The topological polar surface area (TPSA) is 68.7 Å². The summed E-state index contributed by atoms with van der Waals surface area (Å²) in [5, 5.41) is 2.42. The van der Waals surface area contributed by atoms with Crippen molar-refractivity contribution in [3.63, 3.8) is 0 Å². The molecule has 1 aromatic heterocycles. The molecule has 0 saturated heterocycles. The Morgan fingerprint density at radius 1 is 1.07 bits per heavy atom. The monoisotopic (exact) mass is 410 g/mol. The zero-order valence-corrected chi connectivity index (χ0v) is 17.4. The van der Waals surface area contributed by atoms with Crippen molar-refractivity contribution in [2.75, 3.05) is 25.2 Å². The van der Waals surface area contributed by atoms with Gasteiger partial charge in [-0.25, -0.2) is 9.78 Å². The average Bonchev–Trinajstić information content (AvgIpc) is 3.25. The van der Waals surface area contributed by atoms with E-state index in [9.17, 15) is 9.59 Å². The van der Waals surface area contributed by atoms with Gasteiger partial charge in [-0.1, -0.05) is 24.3 Å². The first-order valence-corrected chi connectivity index (χ1v) is 10.2. The molecule has 0 aliphatic rings. The average molecular weight is 410 g/mol. The lowest BCUT2D eigenvalue weighted by atomic mass is 10.1. The van der Waals surface area contributed by atoms with Gasteiger partial charge in [0, 0.05) is 11.9 Å². The molecule has 0 fully saturated rings. The smallest absolute Gasteiger partial charge is 0.340 e. The third-order valence-corrected chi connectivity index (χ3v) is 5.19. The first kappa shape index (κ1) is 20.5. The third-order valence-electron chi connectivity index (χ3n) is 4.31. The molecule has 0 bridgehead atoms. The minimum Gasteiger partial charge on any atom is -0.496 e. The molecule has 29 heavy (non-hydrogen) atoms. The summed E-state index contributed by atoms with van der Waals surface area (Å²) in [6.45, 7) is 4.25. The molecule has 150 valence electrons. The maximum atomic E-state index is 13.2. The molecule has 0 spiro atoms. The number of nitrogens with zero attached hydrogens (tertiary/aromatic N) is 2. The summed E-state index contributed by atoms with van der Waals surface area (Å²) in [6, 6.07) is 14.5. The fourth-order valence-electron chi connectivity index (χ4n) is 2.97. The maximum absolute atomic E-state index is 13.2. The molecule has 2 aromatic carbocycles. The van der Waals surface area contributed by atoms with Crippen LogP contribution in [0.15, 0.2) is 53.9 Å². The van der Waals surface area contributed by atoms with E-state index in [1.54, 1.807) is 43.7 Å². The van der Waals surface area contributed by atoms with E-state index in [0.29, 0.717) is 34.2 Å². The van der Waals surface area contributed by atoms with Gasteiger partial charge < -0.3 is 14.4 Å². The predicted octanol–water partition coefficient (Wildman–Crippen LogP) is 4.66. The molecular weight excluding hydrogens is 388 g/mol. The molecule has 0 saturated carbocycles. The van der Waals surface area contributed by atoms with Crippen molar-refractivity contribution < 1.29 is 19.1 Å². The van der Waals surface area contributed by atoms with Crippen LogP contribution >= 0.6 is 11.3 Å². The minimum atomic E-state index is -0.456. The Kier molecular flexibility index (Phi) is 6.61. The minimum absolute atomic E-state index is 0.265. The Morgan fingerprint density at radius 3 is 2.52 bits per heavy atom. The molecule has 0 radical (unpaired) electrons. The number of carbonyl (C=O) groups excluding carboxylic acids is 2. The van der Waals surface area contributed by atoms with E-state index in [0.717, 1.165) is 5.56 Å². The molecule has 1 heterocycles. The predicted molar refractivity (Wildman–Crippen MR) is 114 cm³/mol. The highest BCUT2D eigenvalue weighted by Gasteiger charge is 2.24. The number of methoxy groups -OCH3 is 1. The number of thiazole rings is 1. The number of para-hydroxylation sites is 2. The number of esters is 1. The van der Waals surface area contributed by atoms with Crippen LogP contribution in [0.1, 0.15) is 34.7 Å². The van der Waals surface area contributed by atoms with Gasteiger partial charge in [0.15, 0.2) is 0 Å². The van der Waals surface area contributed by atoms with E-state index in [1.807, 2.05) is 31.2 Å². The van der Waals surface area contributed by atoms with Crippen molar-refractivity contribution in [2.24, 2.45) is 0 Å². The van der Waals surface area contributed by atoms with Crippen molar-refractivity contribution in [3.05, 3.63) is 65.2 Å². The van der Waals surface area contributed by atoms with Crippen LogP contribution in [0.25, 0.3) is 10.6 Å². The molecule has 0 atom stereocenters. The van der Waals surface area contributed by atoms with Crippen LogP contribution in [0.2, 0.25) is 0 Å². The van der Waals surface area contributed by atoms with E-state index >= 15 is 0 Å². The third kappa shape index (κ3) is 4.30. The van der Waals surface area contributed by atoms with Gasteiger partial charge in [-0.2, -0.15) is 0 Å². The zero-order chi connectivity index (χ0) is 20.8. The number of aromatic nitrogens is 1. The zero-order valence-electron chi connectivity index (χ0n) is 16.5. The fourth-order valence-corrected chi connectivity index (χ4v) is 3.79. The standard InChI is InChI=1S/C22H22N2O4S/c1-4-24(18-12-8-6-10-15(18)22(26)28-5-2)21(25)17-14-29-20(23-17)16-11-7-9-13-19(16)27-3/h6-14H,4-5H2,1-3H3. The van der Waals surface area contributed by atoms with Crippen molar-refractivity contribution in [1.29, 1.82) is 0 Å². The van der Waals surface area contributed by atoms with E-state index < -0.39 is 5.97 Å². The van der Waals surface area contributed by atoms with Gasteiger partial charge >= 0.3 is 5.97 Å². The number of hydrogen-bond donors (Lipinski definition) is 0. The van der Waals surface area contributed by atoms with Crippen LogP contribution < -0.4 is 9.64 Å². The summed E-state index contributed by atoms with van der Waals surface area (Å²) in [4.78, 5) is 31.6. The van der Waals surface area contributed by atoms with Crippen molar-refractivity contribution in [3.8, 4) is 16.3 Å². The first-order valence-electron chi connectivity index (χ1n) is 9.27. The van der Waals surface area contributed by atoms with Gasteiger partial charge in [0.2, 0.25) is 0 Å². The molecule has 3 rings (SSSR count). The Morgan fingerprint density at radius 2 is 1.79 bits per heavy atom. The lowest BCUT2D eigenvalue weighted by Gasteiger charge is -2.22. The van der Waals surface area contributed by atoms with Crippen molar-refractivity contribution in [1.82, 2.24) is 4.98 Å². The highest BCUT2D eigenvalue weighted by atomic mass is 32.1. The summed E-state index contributed by atoms with van der Waals surface area (Å²) < 4.78 is 10.5. The molecule has 3 aromatic rings. The number of amides is 1. The normalized spacial score (nSPS) is 10.4. The van der Waals surface area contributed by atoms with Crippen LogP contribution in [0.3, 0.4) is 0 Å². The molecule has 0 aliphatic heterocycles. The second-order valence-corrected chi connectivity index (χ2v) is 6.88. The highest BCUT2D eigenvalue weighted by Crippen LogP contribution is 2.32. The van der Waals surface area contributed by atoms with E-state index in [4.69, 9.17) is 9.47 Å². The van der Waals surface area contributed by atoms with Gasteiger partial charge in [0.1, 0.15) is 16.5 Å². The second kappa shape index (κ2) is 9.34. The van der Waals surface area contributed by atoms with Crippen LogP contribution in [0.4, 0.5) is 5.69 Å². The van der Waals surface area contributed by atoms with Crippen molar-refractivity contribution >= 4 is 28.9 Å². The first-order chi connectivity index (χ1) is 14.1. The molecule has 0 unspecified atom stereocenters. The van der Waals surface area contributed by atoms with Gasteiger partial charge in [0.25, 0.3) is 5.91 Å². The van der Waals surface area contributed by atoms with Gasteiger partial charge in [-0.3, -0.25) is 4.79 Å². The number of carbonyl (C=O) groups is 2. The van der Waals surface area contributed by atoms with E-state index in [1.165, 1.54) is 16.2 Å². The molecule has 6 nitrogen and oxygen atoms in total. The second-order valence-electron chi connectivity index (χ2n) is 6.03. The number of anilines is 1. The molecule has 0 aliphatic carbocycles. The largest absolute Gasteiger partial charge is 0.496 e. The maximum Gasteiger partial charge on any atom is 0.340 e. The van der Waals surface area contributed by atoms with Gasteiger partial charge in [0.05, 0.1) is 30.5 Å². The summed E-state index contributed by atoms with van der Waals surface area (Å²) in [5.74, 6) is -0.0372. The number of ether oxygens (including phenoxy) is 2. The van der Waals surface area contributed by atoms with Crippen LogP contribution in [0, 0.1) is 0 Å². The Labute approximate surface area is 173 Å². The van der Waals surface area contributed by atoms with Crippen LogP contribution in [-0.4, -0.2) is 37.1 Å². The number of rotatable bonds is 7. The molecule has 1 amide bonds. The summed E-state index contributed by atoms with van der Waals surface area (Å²) >= 11 is 1.37. The molecule has 0 N–H and O–H groups in total. The molecular formula is C22H22N2O4S. The quantitative estimate of drug-likeness (QED) is 0.530. The summed E-state index contributed by atoms with van der Waals surface area (Å²) in [5.41, 5.74) is 2.00. The Bertz CT molecular complexity index is 1020. The van der Waals surface area contributed by atoms with Gasteiger partial charge in [-0.05, 0) is 38.1 Å². The lowest BCUT2D eigenvalue weighted by molar-refractivity contribution is 0.0527. The Balaban J connectivity index is 1.94. The van der Waals surface area contributed by atoms with E-state index in [-0.39, 0.29) is 12.5 Å². The van der Waals surface area contributed by atoms with Crippen LogP contribution in [-0.2, 0) is 4.74 Å². The van der Waals surface area contributed by atoms with E-state index in [2.05, 4.69) is 4.98 Å². The SMILES string of the molecule is CCOC(=O)c1ccccc1N(CC)C(=O)c1csc(-c2ccccc2OC)n1. The van der Waals surface area contributed by atoms with Gasteiger partial charge in [-0.15, -0.1) is 11.3 Å². The number of hydrogen-bond acceptors (Lipinski definition) is 6.